The van der Waals surface area contributed by atoms with Crippen molar-refractivity contribution in [1.82, 2.24) is 4.98 Å². The Balaban J connectivity index is 2.43. The van der Waals surface area contributed by atoms with Crippen molar-refractivity contribution >= 4 is 5.69 Å². The number of pyridine rings is 1. The molecule has 0 aliphatic rings. The normalized spacial score (nSPS) is 11.4. The van der Waals surface area contributed by atoms with Crippen molar-refractivity contribution < 1.29 is 4.74 Å². The molecule has 1 aromatic carbocycles. The molecule has 0 saturated carbocycles. The van der Waals surface area contributed by atoms with Gasteiger partial charge in [-0.2, -0.15) is 0 Å². The van der Waals surface area contributed by atoms with Gasteiger partial charge in [0, 0.05) is 11.8 Å². The highest BCUT2D eigenvalue weighted by Gasteiger charge is 2.20. The topological polar surface area (TPSA) is 48.1 Å². The van der Waals surface area contributed by atoms with E-state index in [1.807, 2.05) is 25.1 Å². The first kappa shape index (κ1) is 14.4. The first-order chi connectivity index (χ1) is 9.27. The van der Waals surface area contributed by atoms with E-state index in [0.29, 0.717) is 11.6 Å². The molecule has 3 nitrogen and oxygen atoms in total. The van der Waals surface area contributed by atoms with Crippen LogP contribution in [0.25, 0.3) is 0 Å². The van der Waals surface area contributed by atoms with Crippen molar-refractivity contribution in [3.8, 4) is 11.6 Å². The number of nitrogens with two attached hydrogens (primary N) is 1. The SMILES string of the molecule is Cc1cnc(Oc2ccc(C)cc2C(C)(C)C)c(N)c1. The summed E-state index contributed by atoms with van der Waals surface area (Å²) in [4.78, 5) is 4.27. The van der Waals surface area contributed by atoms with Crippen molar-refractivity contribution in [3.63, 3.8) is 0 Å². The average molecular weight is 270 g/mol. The summed E-state index contributed by atoms with van der Waals surface area (Å²) in [6.45, 7) is 10.5. The molecule has 0 fully saturated rings. The first-order valence-corrected chi connectivity index (χ1v) is 6.78. The van der Waals surface area contributed by atoms with E-state index in [4.69, 9.17) is 10.5 Å². The van der Waals surface area contributed by atoms with Gasteiger partial charge in [-0.05, 0) is 37.0 Å². The Morgan fingerprint density at radius 2 is 1.75 bits per heavy atom. The van der Waals surface area contributed by atoms with Gasteiger partial charge in [0.1, 0.15) is 5.75 Å². The maximum Gasteiger partial charge on any atom is 0.242 e. The third kappa shape index (κ3) is 3.10. The number of hydrogen-bond acceptors (Lipinski definition) is 3. The van der Waals surface area contributed by atoms with E-state index in [9.17, 15) is 0 Å². The molecule has 0 aliphatic heterocycles. The molecule has 0 aliphatic carbocycles. The summed E-state index contributed by atoms with van der Waals surface area (Å²) in [7, 11) is 0. The number of benzene rings is 1. The molecule has 2 aromatic rings. The predicted molar refractivity (Wildman–Crippen MR) is 83.3 cm³/mol. The van der Waals surface area contributed by atoms with E-state index < -0.39 is 0 Å². The first-order valence-electron chi connectivity index (χ1n) is 6.78. The maximum absolute atomic E-state index is 5.97. The smallest absolute Gasteiger partial charge is 0.242 e. The third-order valence-electron chi connectivity index (χ3n) is 3.17. The number of aryl methyl sites for hydroxylation is 2. The summed E-state index contributed by atoms with van der Waals surface area (Å²) >= 11 is 0. The number of nitrogens with zero attached hydrogens (tertiary/aromatic N) is 1. The second-order valence-corrected chi connectivity index (χ2v) is 6.26. The zero-order valence-electron chi connectivity index (χ0n) is 12.8. The molecule has 2 N–H and O–H groups in total. The predicted octanol–water partition coefficient (Wildman–Crippen LogP) is 4.37. The van der Waals surface area contributed by atoms with E-state index >= 15 is 0 Å². The van der Waals surface area contributed by atoms with Gasteiger partial charge in [-0.15, -0.1) is 0 Å². The van der Waals surface area contributed by atoms with Crippen LogP contribution in [-0.2, 0) is 5.41 Å². The fraction of sp³-hybridized carbons (Fsp3) is 0.353. The van der Waals surface area contributed by atoms with Gasteiger partial charge in [-0.25, -0.2) is 4.98 Å². The van der Waals surface area contributed by atoms with E-state index in [1.165, 1.54) is 5.56 Å². The Hall–Kier alpha value is -2.03. The van der Waals surface area contributed by atoms with Crippen molar-refractivity contribution in [2.75, 3.05) is 5.73 Å². The van der Waals surface area contributed by atoms with Gasteiger partial charge < -0.3 is 10.5 Å². The minimum atomic E-state index is 0.000806. The van der Waals surface area contributed by atoms with E-state index in [-0.39, 0.29) is 5.41 Å². The van der Waals surface area contributed by atoms with Crippen LogP contribution in [0.5, 0.6) is 11.6 Å². The number of hydrogen-bond donors (Lipinski definition) is 1. The molecule has 1 aromatic heterocycles. The van der Waals surface area contributed by atoms with Crippen molar-refractivity contribution in [3.05, 3.63) is 47.2 Å². The van der Waals surface area contributed by atoms with Crippen LogP contribution in [0.2, 0.25) is 0 Å². The van der Waals surface area contributed by atoms with Gasteiger partial charge in [-0.1, -0.05) is 38.5 Å². The van der Waals surface area contributed by atoms with Gasteiger partial charge in [0.05, 0.1) is 5.69 Å². The Labute approximate surface area is 120 Å². The second kappa shape index (κ2) is 5.16. The summed E-state index contributed by atoms with van der Waals surface area (Å²) in [6, 6.07) is 8.04. The monoisotopic (exact) mass is 270 g/mol. The highest BCUT2D eigenvalue weighted by Crippen LogP contribution is 2.35. The van der Waals surface area contributed by atoms with Crippen LogP contribution in [0, 0.1) is 13.8 Å². The molecule has 0 atom stereocenters. The minimum Gasteiger partial charge on any atom is -0.437 e. The summed E-state index contributed by atoms with van der Waals surface area (Å²) in [5.41, 5.74) is 9.92. The van der Waals surface area contributed by atoms with Gasteiger partial charge in [0.2, 0.25) is 5.88 Å². The number of ether oxygens (including phenoxy) is 1. The molecule has 106 valence electrons. The highest BCUT2D eigenvalue weighted by molar-refractivity contribution is 5.52. The fourth-order valence-electron chi connectivity index (χ4n) is 2.09. The molecule has 1 heterocycles. The van der Waals surface area contributed by atoms with Crippen LogP contribution in [0.4, 0.5) is 5.69 Å². The van der Waals surface area contributed by atoms with E-state index in [0.717, 1.165) is 16.9 Å². The Morgan fingerprint density at radius 3 is 2.35 bits per heavy atom. The van der Waals surface area contributed by atoms with Crippen molar-refractivity contribution in [2.24, 2.45) is 0 Å². The average Bonchev–Trinajstić information content (AvgIpc) is 2.33. The lowest BCUT2D eigenvalue weighted by Gasteiger charge is -2.23. The summed E-state index contributed by atoms with van der Waals surface area (Å²) in [5.74, 6) is 1.27. The molecular formula is C17H22N2O. The van der Waals surface area contributed by atoms with E-state index in [1.54, 1.807) is 6.20 Å². The van der Waals surface area contributed by atoms with Gasteiger partial charge in [-0.3, -0.25) is 0 Å². The van der Waals surface area contributed by atoms with Gasteiger partial charge >= 0.3 is 0 Å². The number of anilines is 1. The Kier molecular flexibility index (Phi) is 3.71. The summed E-state index contributed by atoms with van der Waals surface area (Å²) < 4.78 is 5.94. The van der Waals surface area contributed by atoms with Crippen molar-refractivity contribution in [1.29, 1.82) is 0 Å². The molecule has 0 bridgehead atoms. The maximum atomic E-state index is 5.97. The fourth-order valence-corrected chi connectivity index (χ4v) is 2.09. The van der Waals surface area contributed by atoms with Crippen LogP contribution in [0.1, 0.15) is 37.5 Å². The van der Waals surface area contributed by atoms with Crippen LogP contribution < -0.4 is 10.5 Å². The van der Waals surface area contributed by atoms with Crippen LogP contribution in [-0.4, -0.2) is 4.98 Å². The lowest BCUT2D eigenvalue weighted by molar-refractivity contribution is 0.441. The third-order valence-corrected chi connectivity index (χ3v) is 3.17. The number of nitrogen functional groups attached to an aromatic ring is 1. The van der Waals surface area contributed by atoms with Crippen LogP contribution in [0.3, 0.4) is 0 Å². The minimum absolute atomic E-state index is 0.000806. The zero-order valence-corrected chi connectivity index (χ0v) is 12.8. The zero-order chi connectivity index (χ0) is 14.9. The summed E-state index contributed by atoms with van der Waals surface area (Å²) in [5, 5.41) is 0. The lowest BCUT2D eigenvalue weighted by Crippen LogP contribution is -2.13. The molecule has 0 saturated heterocycles. The van der Waals surface area contributed by atoms with E-state index in [2.05, 4.69) is 38.7 Å². The molecule has 0 spiro atoms. The molecule has 20 heavy (non-hydrogen) atoms. The summed E-state index contributed by atoms with van der Waals surface area (Å²) in [6.07, 6.45) is 1.76. The quantitative estimate of drug-likeness (QED) is 0.881. The highest BCUT2D eigenvalue weighted by atomic mass is 16.5. The Morgan fingerprint density at radius 1 is 1.05 bits per heavy atom. The molecule has 0 amide bonds. The molecule has 0 radical (unpaired) electrons. The molecule has 2 rings (SSSR count). The molecular weight excluding hydrogens is 248 g/mol. The number of rotatable bonds is 2. The van der Waals surface area contributed by atoms with Gasteiger partial charge in [0.25, 0.3) is 0 Å². The Bertz CT molecular complexity index is 627. The van der Waals surface area contributed by atoms with Crippen LogP contribution >= 0.6 is 0 Å². The standard InChI is InChI=1S/C17H22N2O/c1-11-6-7-15(13(8-11)17(3,4)5)20-16-14(18)9-12(2)10-19-16/h6-10H,18H2,1-5H3. The largest absolute Gasteiger partial charge is 0.437 e. The molecule has 3 heteroatoms. The second-order valence-electron chi connectivity index (χ2n) is 6.26. The van der Waals surface area contributed by atoms with Crippen LogP contribution in [0.15, 0.2) is 30.5 Å². The van der Waals surface area contributed by atoms with Gasteiger partial charge in [0.15, 0.2) is 0 Å². The van der Waals surface area contributed by atoms with Crippen molar-refractivity contribution in [2.45, 2.75) is 40.0 Å². The lowest BCUT2D eigenvalue weighted by atomic mass is 9.85. The molecule has 0 unspecified atom stereocenters. The number of aromatic nitrogens is 1.